The molecule has 1 heterocycles. The zero-order valence-electron chi connectivity index (χ0n) is 10.9. The molecule has 2 rings (SSSR count). The molecule has 0 saturated carbocycles. The van der Waals surface area contributed by atoms with Crippen LogP contribution in [0.2, 0.25) is 0 Å². The van der Waals surface area contributed by atoms with E-state index in [1.807, 2.05) is 0 Å². The number of carbonyl (C=O) groups is 2. The van der Waals surface area contributed by atoms with Gasteiger partial charge in [-0.2, -0.15) is 0 Å². The summed E-state index contributed by atoms with van der Waals surface area (Å²) >= 11 is 3.30. The Morgan fingerprint density at radius 1 is 1.20 bits per heavy atom. The Balaban J connectivity index is 2.27. The van der Waals surface area contributed by atoms with Gasteiger partial charge in [-0.05, 0) is 34.5 Å². The Hall–Kier alpha value is -1.21. The van der Waals surface area contributed by atoms with Gasteiger partial charge in [-0.1, -0.05) is 13.0 Å². The Bertz CT molecular complexity index is 669. The molecule has 20 heavy (non-hydrogen) atoms. The molecule has 0 unspecified atom stereocenters. The summed E-state index contributed by atoms with van der Waals surface area (Å²) < 4.78 is 24.1. The average molecular weight is 360 g/mol. The SMILES string of the molecule is CCCS(=O)(=O)CCN1C(=O)C(=O)c2cccc(Br)c21. The summed E-state index contributed by atoms with van der Waals surface area (Å²) in [6, 6.07) is 4.96. The molecule has 0 radical (unpaired) electrons. The Labute approximate surface area is 126 Å². The van der Waals surface area contributed by atoms with Crippen LogP contribution in [-0.2, 0) is 14.6 Å². The molecule has 1 aliphatic rings. The molecule has 1 amide bonds. The van der Waals surface area contributed by atoms with E-state index >= 15 is 0 Å². The number of halogens is 1. The van der Waals surface area contributed by atoms with Gasteiger partial charge in [0.15, 0.2) is 9.84 Å². The highest BCUT2D eigenvalue weighted by molar-refractivity contribution is 9.10. The number of fused-ring (bicyclic) bond motifs is 1. The van der Waals surface area contributed by atoms with E-state index in [1.165, 1.54) is 4.90 Å². The second-order valence-electron chi connectivity index (χ2n) is 4.57. The van der Waals surface area contributed by atoms with Gasteiger partial charge in [-0.25, -0.2) is 8.42 Å². The van der Waals surface area contributed by atoms with E-state index in [9.17, 15) is 18.0 Å². The van der Waals surface area contributed by atoms with Gasteiger partial charge < -0.3 is 4.90 Å². The number of nitrogens with zero attached hydrogens (tertiary/aromatic N) is 1. The van der Waals surface area contributed by atoms with Crippen LogP contribution in [0.15, 0.2) is 22.7 Å². The van der Waals surface area contributed by atoms with Gasteiger partial charge in [0.05, 0.1) is 17.0 Å². The molecule has 108 valence electrons. The lowest BCUT2D eigenvalue weighted by atomic mass is 10.1. The lowest BCUT2D eigenvalue weighted by Gasteiger charge is -2.17. The van der Waals surface area contributed by atoms with Gasteiger partial charge in [0.2, 0.25) is 0 Å². The number of benzene rings is 1. The molecule has 1 aromatic carbocycles. The first kappa shape index (κ1) is 15.2. The minimum Gasteiger partial charge on any atom is -0.303 e. The molecular weight excluding hydrogens is 346 g/mol. The van der Waals surface area contributed by atoms with Crippen LogP contribution in [0.3, 0.4) is 0 Å². The highest BCUT2D eigenvalue weighted by Crippen LogP contribution is 2.35. The van der Waals surface area contributed by atoms with Gasteiger partial charge >= 0.3 is 0 Å². The highest BCUT2D eigenvalue weighted by Gasteiger charge is 2.37. The van der Waals surface area contributed by atoms with Gasteiger partial charge in [0.1, 0.15) is 0 Å². The number of rotatable bonds is 5. The summed E-state index contributed by atoms with van der Waals surface area (Å²) in [6.45, 7) is 1.79. The third-order valence-electron chi connectivity index (χ3n) is 3.08. The van der Waals surface area contributed by atoms with Crippen LogP contribution < -0.4 is 4.90 Å². The fourth-order valence-electron chi connectivity index (χ4n) is 2.17. The van der Waals surface area contributed by atoms with Crippen molar-refractivity contribution in [2.45, 2.75) is 13.3 Å². The molecule has 1 aromatic rings. The standard InChI is InChI=1S/C13H14BrNO4S/c1-2-7-20(18,19)8-6-15-11-9(12(16)13(15)17)4-3-5-10(11)14/h3-5H,2,6-8H2,1H3. The van der Waals surface area contributed by atoms with Crippen molar-refractivity contribution < 1.29 is 18.0 Å². The molecule has 0 aromatic heterocycles. The summed E-state index contributed by atoms with van der Waals surface area (Å²) in [5, 5.41) is 0. The number of ketones is 1. The van der Waals surface area contributed by atoms with Crippen molar-refractivity contribution in [2.24, 2.45) is 0 Å². The fraction of sp³-hybridized carbons (Fsp3) is 0.385. The maximum absolute atomic E-state index is 11.9. The van der Waals surface area contributed by atoms with Crippen LogP contribution in [0.25, 0.3) is 0 Å². The quantitative estimate of drug-likeness (QED) is 0.751. The number of anilines is 1. The maximum atomic E-state index is 11.9. The zero-order valence-corrected chi connectivity index (χ0v) is 13.3. The van der Waals surface area contributed by atoms with Crippen LogP contribution in [0.1, 0.15) is 23.7 Å². The van der Waals surface area contributed by atoms with Gasteiger partial charge in [-0.3, -0.25) is 9.59 Å². The van der Waals surface area contributed by atoms with Crippen molar-refractivity contribution in [1.82, 2.24) is 0 Å². The largest absolute Gasteiger partial charge is 0.303 e. The second-order valence-corrected chi connectivity index (χ2v) is 7.73. The molecule has 0 N–H and O–H groups in total. The van der Waals surface area contributed by atoms with E-state index in [1.54, 1.807) is 25.1 Å². The fourth-order valence-corrected chi connectivity index (χ4v) is 4.04. The second kappa shape index (κ2) is 5.65. The van der Waals surface area contributed by atoms with Gasteiger partial charge in [0, 0.05) is 16.8 Å². The van der Waals surface area contributed by atoms with Crippen molar-refractivity contribution in [3.63, 3.8) is 0 Å². The third kappa shape index (κ3) is 2.78. The van der Waals surface area contributed by atoms with Crippen LogP contribution >= 0.6 is 15.9 Å². The number of Topliss-reactive ketones (excluding diaryl/α,β-unsaturated/α-hetero) is 1. The van der Waals surface area contributed by atoms with Crippen molar-refractivity contribution in [3.05, 3.63) is 28.2 Å². The van der Waals surface area contributed by atoms with Crippen LogP contribution in [0.4, 0.5) is 5.69 Å². The number of hydrogen-bond donors (Lipinski definition) is 0. The average Bonchev–Trinajstić information content (AvgIpc) is 2.62. The van der Waals surface area contributed by atoms with Crippen LogP contribution in [0.5, 0.6) is 0 Å². The van der Waals surface area contributed by atoms with Crippen molar-refractivity contribution >= 4 is 43.1 Å². The van der Waals surface area contributed by atoms with Crippen LogP contribution in [-0.4, -0.2) is 38.2 Å². The first-order valence-electron chi connectivity index (χ1n) is 6.22. The minimum absolute atomic E-state index is 0.00250. The summed E-state index contributed by atoms with van der Waals surface area (Å²) in [4.78, 5) is 25.0. The molecule has 0 saturated heterocycles. The summed E-state index contributed by atoms with van der Waals surface area (Å²) in [7, 11) is -3.20. The molecule has 0 spiro atoms. The Morgan fingerprint density at radius 3 is 2.55 bits per heavy atom. The molecular formula is C13H14BrNO4S. The molecule has 0 bridgehead atoms. The van der Waals surface area contributed by atoms with E-state index < -0.39 is 21.5 Å². The van der Waals surface area contributed by atoms with Gasteiger partial charge in [-0.15, -0.1) is 0 Å². The molecule has 7 heteroatoms. The minimum atomic E-state index is -3.20. The molecule has 5 nitrogen and oxygen atoms in total. The van der Waals surface area contributed by atoms with Crippen molar-refractivity contribution in [1.29, 1.82) is 0 Å². The number of sulfone groups is 1. The summed E-state index contributed by atoms with van der Waals surface area (Å²) in [5.41, 5.74) is 0.784. The van der Waals surface area contributed by atoms with Crippen molar-refractivity contribution in [2.75, 3.05) is 23.0 Å². The van der Waals surface area contributed by atoms with E-state index in [-0.39, 0.29) is 18.1 Å². The molecule has 1 aliphatic heterocycles. The summed E-state index contributed by atoms with van der Waals surface area (Å²) in [6.07, 6.45) is 0.537. The van der Waals surface area contributed by atoms with E-state index in [2.05, 4.69) is 15.9 Å². The monoisotopic (exact) mass is 359 g/mol. The van der Waals surface area contributed by atoms with E-state index in [0.29, 0.717) is 22.1 Å². The topological polar surface area (TPSA) is 71.5 Å². The van der Waals surface area contributed by atoms with Gasteiger partial charge in [0.25, 0.3) is 11.7 Å². The number of para-hydroxylation sites is 1. The Kier molecular flexibility index (Phi) is 4.29. The predicted molar refractivity (Wildman–Crippen MR) is 79.8 cm³/mol. The molecule has 0 aliphatic carbocycles. The van der Waals surface area contributed by atoms with Crippen molar-refractivity contribution in [3.8, 4) is 0 Å². The predicted octanol–water partition coefficient (Wildman–Crippen LogP) is 1.80. The Morgan fingerprint density at radius 2 is 1.90 bits per heavy atom. The molecule has 0 fully saturated rings. The first-order valence-corrected chi connectivity index (χ1v) is 8.84. The third-order valence-corrected chi connectivity index (χ3v) is 5.56. The number of carbonyl (C=O) groups excluding carboxylic acids is 2. The summed E-state index contributed by atoms with van der Waals surface area (Å²) in [5.74, 6) is -1.31. The zero-order chi connectivity index (χ0) is 14.9. The lowest BCUT2D eigenvalue weighted by Crippen LogP contribution is -2.34. The highest BCUT2D eigenvalue weighted by atomic mass is 79.9. The normalized spacial score (nSPS) is 14.8. The van der Waals surface area contributed by atoms with Crippen LogP contribution in [0, 0.1) is 0 Å². The first-order chi connectivity index (χ1) is 9.37. The number of hydrogen-bond acceptors (Lipinski definition) is 4. The maximum Gasteiger partial charge on any atom is 0.299 e. The number of amides is 1. The molecule has 0 atom stereocenters. The van der Waals surface area contributed by atoms with E-state index in [4.69, 9.17) is 0 Å². The van der Waals surface area contributed by atoms with E-state index in [0.717, 1.165) is 0 Å². The lowest BCUT2D eigenvalue weighted by molar-refractivity contribution is -0.114. The smallest absolute Gasteiger partial charge is 0.299 e.